The van der Waals surface area contributed by atoms with Crippen LogP contribution in [0.5, 0.6) is 5.75 Å². The first kappa shape index (κ1) is 19.1. The normalized spacial score (nSPS) is 12.4. The van der Waals surface area contributed by atoms with Gasteiger partial charge in [-0.3, -0.25) is 5.32 Å². The Kier molecular flexibility index (Phi) is 7.20. The van der Waals surface area contributed by atoms with Crippen LogP contribution < -0.4 is 15.4 Å². The van der Waals surface area contributed by atoms with Crippen LogP contribution in [0.25, 0.3) is 0 Å². The third-order valence-corrected chi connectivity index (χ3v) is 3.34. The van der Waals surface area contributed by atoms with E-state index in [1.54, 1.807) is 7.11 Å². The number of benzene rings is 1. The van der Waals surface area contributed by atoms with Crippen LogP contribution in [-0.2, 0) is 4.74 Å². The summed E-state index contributed by atoms with van der Waals surface area (Å²) in [6.45, 7) is 9.84. The zero-order valence-corrected chi connectivity index (χ0v) is 15.2. The summed E-state index contributed by atoms with van der Waals surface area (Å²) in [6, 6.07) is 6.09. The maximum Gasteiger partial charge on any atom is 0.412 e. The van der Waals surface area contributed by atoms with Gasteiger partial charge in [-0.05, 0) is 45.7 Å². The molecule has 1 amide bonds. The zero-order valence-electron chi connectivity index (χ0n) is 15.2. The molecule has 0 saturated heterocycles. The maximum absolute atomic E-state index is 11.9. The minimum Gasteiger partial charge on any atom is -0.494 e. The van der Waals surface area contributed by atoms with Crippen LogP contribution in [-0.4, -0.2) is 24.8 Å². The summed E-state index contributed by atoms with van der Waals surface area (Å²) in [5.74, 6) is 0.604. The van der Waals surface area contributed by atoms with Gasteiger partial charge >= 0.3 is 6.09 Å². The number of rotatable bonds is 7. The molecule has 2 N–H and O–H groups in total. The van der Waals surface area contributed by atoms with Gasteiger partial charge in [0.25, 0.3) is 0 Å². The molecule has 0 aromatic heterocycles. The van der Waals surface area contributed by atoms with Crippen LogP contribution in [0.4, 0.5) is 16.2 Å². The molecular formula is C18H30N2O3. The second kappa shape index (κ2) is 8.65. The topological polar surface area (TPSA) is 59.6 Å². The van der Waals surface area contributed by atoms with Crippen molar-refractivity contribution in [2.45, 2.75) is 65.5 Å². The standard InChI is InChI=1S/C18H30N2O3/c1-7-9-13(8-2)19-14-10-11-15(16(12-14)22-6)20-17(21)23-18(3,4)5/h10-13,19H,7-9H2,1-6H3,(H,20,21). The number of amides is 1. The van der Waals surface area contributed by atoms with Crippen molar-refractivity contribution in [3.8, 4) is 5.75 Å². The van der Waals surface area contributed by atoms with Crippen molar-refractivity contribution in [3.63, 3.8) is 0 Å². The number of carbonyl (C=O) groups is 1. The Balaban J connectivity index is 2.81. The van der Waals surface area contributed by atoms with Crippen molar-refractivity contribution in [2.24, 2.45) is 0 Å². The van der Waals surface area contributed by atoms with Crippen molar-refractivity contribution < 1.29 is 14.3 Å². The second-order valence-electron chi connectivity index (χ2n) is 6.58. The van der Waals surface area contributed by atoms with Gasteiger partial charge in [0.1, 0.15) is 11.4 Å². The number of anilines is 2. The molecule has 23 heavy (non-hydrogen) atoms. The van der Waals surface area contributed by atoms with E-state index in [4.69, 9.17) is 9.47 Å². The van der Waals surface area contributed by atoms with Crippen LogP contribution in [0, 0.1) is 0 Å². The summed E-state index contributed by atoms with van der Waals surface area (Å²) < 4.78 is 10.6. The molecule has 130 valence electrons. The van der Waals surface area contributed by atoms with Gasteiger partial charge in [-0.25, -0.2) is 4.79 Å². The molecule has 0 aliphatic carbocycles. The summed E-state index contributed by atoms with van der Waals surface area (Å²) >= 11 is 0. The molecule has 1 rings (SSSR count). The SMILES string of the molecule is CCCC(CC)Nc1ccc(NC(=O)OC(C)(C)C)c(OC)c1. The molecule has 1 aromatic carbocycles. The lowest BCUT2D eigenvalue weighted by molar-refractivity contribution is 0.0635. The number of hydrogen-bond donors (Lipinski definition) is 2. The van der Waals surface area contributed by atoms with Crippen molar-refractivity contribution >= 4 is 17.5 Å². The lowest BCUT2D eigenvalue weighted by atomic mass is 10.1. The predicted octanol–water partition coefficient (Wildman–Crippen LogP) is 5.03. The Morgan fingerprint density at radius 3 is 2.48 bits per heavy atom. The quantitative estimate of drug-likeness (QED) is 0.739. The van der Waals surface area contributed by atoms with Crippen LogP contribution in [0.3, 0.4) is 0 Å². The molecule has 0 heterocycles. The molecule has 1 atom stereocenters. The first-order valence-electron chi connectivity index (χ1n) is 8.23. The van der Waals surface area contributed by atoms with Crippen molar-refractivity contribution in [1.82, 2.24) is 0 Å². The highest BCUT2D eigenvalue weighted by atomic mass is 16.6. The molecule has 0 saturated carbocycles. The molecule has 5 heteroatoms. The molecule has 0 spiro atoms. The Morgan fingerprint density at radius 1 is 1.26 bits per heavy atom. The molecule has 0 bridgehead atoms. The Labute approximate surface area is 139 Å². The van der Waals surface area contributed by atoms with E-state index in [0.717, 1.165) is 24.9 Å². The number of carbonyl (C=O) groups excluding carboxylic acids is 1. The largest absolute Gasteiger partial charge is 0.494 e. The Hall–Kier alpha value is -1.91. The van der Waals surface area contributed by atoms with E-state index < -0.39 is 11.7 Å². The maximum atomic E-state index is 11.9. The van der Waals surface area contributed by atoms with Crippen LogP contribution in [0.1, 0.15) is 53.9 Å². The minimum absolute atomic E-state index is 0.439. The first-order valence-corrected chi connectivity index (χ1v) is 8.23. The first-order chi connectivity index (χ1) is 10.8. The van der Waals surface area contributed by atoms with Crippen LogP contribution >= 0.6 is 0 Å². The average Bonchev–Trinajstić information content (AvgIpc) is 2.46. The number of methoxy groups -OCH3 is 1. The molecule has 0 radical (unpaired) electrons. The van der Waals surface area contributed by atoms with E-state index in [2.05, 4.69) is 24.5 Å². The number of nitrogens with one attached hydrogen (secondary N) is 2. The lowest BCUT2D eigenvalue weighted by Crippen LogP contribution is -2.27. The molecule has 0 fully saturated rings. The van der Waals surface area contributed by atoms with E-state index >= 15 is 0 Å². The van der Waals surface area contributed by atoms with Gasteiger partial charge in [0.05, 0.1) is 12.8 Å². The minimum atomic E-state index is -0.534. The highest BCUT2D eigenvalue weighted by molar-refractivity contribution is 5.87. The van der Waals surface area contributed by atoms with Gasteiger partial charge < -0.3 is 14.8 Å². The van der Waals surface area contributed by atoms with E-state index in [1.807, 2.05) is 39.0 Å². The van der Waals surface area contributed by atoms with Crippen LogP contribution in [0.2, 0.25) is 0 Å². The summed E-state index contributed by atoms with van der Waals surface area (Å²) in [4.78, 5) is 11.9. The van der Waals surface area contributed by atoms with Gasteiger partial charge in [-0.15, -0.1) is 0 Å². The number of ether oxygens (including phenoxy) is 2. The molecule has 0 aliphatic rings. The fourth-order valence-corrected chi connectivity index (χ4v) is 2.26. The smallest absolute Gasteiger partial charge is 0.412 e. The summed E-state index contributed by atoms with van der Waals surface area (Å²) in [7, 11) is 1.59. The predicted molar refractivity (Wildman–Crippen MR) is 95.5 cm³/mol. The zero-order chi connectivity index (χ0) is 17.5. The number of hydrogen-bond acceptors (Lipinski definition) is 4. The van der Waals surface area contributed by atoms with Crippen molar-refractivity contribution in [2.75, 3.05) is 17.7 Å². The molecule has 1 aromatic rings. The van der Waals surface area contributed by atoms with Gasteiger partial charge in [-0.1, -0.05) is 20.3 Å². The van der Waals surface area contributed by atoms with Gasteiger partial charge in [0.15, 0.2) is 0 Å². The Bertz CT molecular complexity index is 509. The summed E-state index contributed by atoms with van der Waals surface area (Å²) in [6.07, 6.45) is 2.83. The highest BCUT2D eigenvalue weighted by Gasteiger charge is 2.17. The van der Waals surface area contributed by atoms with E-state index in [9.17, 15) is 4.79 Å². The van der Waals surface area contributed by atoms with E-state index in [1.165, 1.54) is 0 Å². The average molecular weight is 322 g/mol. The molecule has 1 unspecified atom stereocenters. The summed E-state index contributed by atoms with van der Waals surface area (Å²) in [5.41, 5.74) is 1.04. The van der Waals surface area contributed by atoms with E-state index in [0.29, 0.717) is 17.5 Å². The third kappa shape index (κ3) is 6.80. The Morgan fingerprint density at radius 2 is 1.96 bits per heavy atom. The van der Waals surface area contributed by atoms with Crippen molar-refractivity contribution in [1.29, 1.82) is 0 Å². The van der Waals surface area contributed by atoms with Crippen LogP contribution in [0.15, 0.2) is 18.2 Å². The molecule has 5 nitrogen and oxygen atoms in total. The molecule has 0 aliphatic heterocycles. The highest BCUT2D eigenvalue weighted by Crippen LogP contribution is 2.29. The second-order valence-corrected chi connectivity index (χ2v) is 6.58. The summed E-state index contributed by atoms with van der Waals surface area (Å²) in [5, 5.41) is 6.22. The van der Waals surface area contributed by atoms with Gasteiger partial charge in [0, 0.05) is 17.8 Å². The van der Waals surface area contributed by atoms with E-state index in [-0.39, 0.29) is 0 Å². The monoisotopic (exact) mass is 322 g/mol. The van der Waals surface area contributed by atoms with Gasteiger partial charge in [0.2, 0.25) is 0 Å². The third-order valence-electron chi connectivity index (χ3n) is 3.34. The fourth-order valence-electron chi connectivity index (χ4n) is 2.26. The van der Waals surface area contributed by atoms with Crippen molar-refractivity contribution in [3.05, 3.63) is 18.2 Å². The van der Waals surface area contributed by atoms with Gasteiger partial charge in [-0.2, -0.15) is 0 Å². The molecular weight excluding hydrogens is 292 g/mol. The fraction of sp³-hybridized carbons (Fsp3) is 0.611. The lowest BCUT2D eigenvalue weighted by Gasteiger charge is -2.21.